The normalized spacial score (nSPS) is 11.2. The molecule has 3 aromatic heterocycles. The Balaban J connectivity index is 1.48. The third-order valence-electron chi connectivity index (χ3n) is 5.31. The lowest BCUT2D eigenvalue weighted by Gasteiger charge is -2.20. The summed E-state index contributed by atoms with van der Waals surface area (Å²) < 4.78 is 1.05. The van der Waals surface area contributed by atoms with Gasteiger partial charge in [-0.1, -0.05) is 55.5 Å². The van der Waals surface area contributed by atoms with Crippen molar-refractivity contribution in [2.75, 3.05) is 4.90 Å². The molecule has 164 valence electrons. The van der Waals surface area contributed by atoms with Crippen LogP contribution in [0.15, 0.2) is 78.3 Å². The number of fused-ring (bicyclic) bond motifs is 1. The predicted octanol–water partition coefficient (Wildman–Crippen LogP) is 6.85. The molecule has 0 aliphatic carbocycles. The van der Waals surface area contributed by atoms with E-state index in [-0.39, 0.29) is 12.3 Å². The molecule has 0 N–H and O–H groups in total. The predicted molar refractivity (Wildman–Crippen MR) is 136 cm³/mol. The Hall–Kier alpha value is -3.42. The van der Waals surface area contributed by atoms with Gasteiger partial charge >= 0.3 is 0 Å². The first-order chi connectivity index (χ1) is 16.1. The maximum atomic E-state index is 13.6. The highest BCUT2D eigenvalue weighted by Crippen LogP contribution is 2.35. The lowest BCUT2D eigenvalue weighted by atomic mass is 10.0. The number of anilines is 2. The van der Waals surface area contributed by atoms with Crippen LogP contribution in [0, 0.1) is 0 Å². The number of rotatable bonds is 6. The average Bonchev–Trinajstić information content (AvgIpc) is 3.47. The second-order valence-corrected chi connectivity index (χ2v) is 9.84. The van der Waals surface area contributed by atoms with E-state index in [0.717, 1.165) is 32.3 Å². The van der Waals surface area contributed by atoms with Crippen molar-refractivity contribution < 1.29 is 4.79 Å². The van der Waals surface area contributed by atoms with Crippen LogP contribution in [0.1, 0.15) is 31.0 Å². The summed E-state index contributed by atoms with van der Waals surface area (Å²) in [6.45, 7) is 4.32. The summed E-state index contributed by atoms with van der Waals surface area (Å²) in [6, 6.07) is 21.8. The number of thiazole rings is 2. The number of benzene rings is 2. The Bertz CT molecular complexity index is 1360. The number of carbonyl (C=O) groups excluding carboxylic acids is 1. The number of amides is 1. The number of pyridine rings is 1. The highest BCUT2D eigenvalue weighted by atomic mass is 32.1. The van der Waals surface area contributed by atoms with Crippen molar-refractivity contribution in [1.82, 2.24) is 15.0 Å². The van der Waals surface area contributed by atoms with Crippen LogP contribution >= 0.6 is 22.7 Å². The van der Waals surface area contributed by atoms with Crippen LogP contribution in [0.4, 0.5) is 10.8 Å². The Morgan fingerprint density at radius 2 is 1.76 bits per heavy atom. The second-order valence-electron chi connectivity index (χ2n) is 7.98. The molecule has 0 radical (unpaired) electrons. The second kappa shape index (κ2) is 9.21. The van der Waals surface area contributed by atoms with Crippen molar-refractivity contribution in [3.05, 3.63) is 89.6 Å². The lowest BCUT2D eigenvalue weighted by molar-refractivity contribution is -0.117. The van der Waals surface area contributed by atoms with Crippen molar-refractivity contribution >= 4 is 49.6 Å². The van der Waals surface area contributed by atoms with Crippen LogP contribution in [0.2, 0.25) is 0 Å². The van der Waals surface area contributed by atoms with Gasteiger partial charge in [0, 0.05) is 11.6 Å². The van der Waals surface area contributed by atoms with Crippen molar-refractivity contribution in [1.29, 1.82) is 0 Å². The molecule has 5 rings (SSSR count). The minimum atomic E-state index is -0.0655. The van der Waals surface area contributed by atoms with Crippen molar-refractivity contribution in [3.63, 3.8) is 0 Å². The lowest BCUT2D eigenvalue weighted by Crippen LogP contribution is -2.27. The molecule has 1 amide bonds. The fraction of sp³-hybridized carbons (Fsp3) is 0.154. The molecule has 0 saturated carbocycles. The van der Waals surface area contributed by atoms with Gasteiger partial charge in [0.25, 0.3) is 0 Å². The Morgan fingerprint density at radius 1 is 0.970 bits per heavy atom. The third kappa shape index (κ3) is 4.55. The van der Waals surface area contributed by atoms with Crippen LogP contribution in [0.3, 0.4) is 0 Å². The summed E-state index contributed by atoms with van der Waals surface area (Å²) in [6.07, 6.45) is 1.93. The van der Waals surface area contributed by atoms with E-state index >= 15 is 0 Å². The van der Waals surface area contributed by atoms with Crippen LogP contribution in [-0.4, -0.2) is 20.9 Å². The maximum Gasteiger partial charge on any atom is 0.239 e. The first-order valence-electron chi connectivity index (χ1n) is 10.7. The van der Waals surface area contributed by atoms with E-state index in [1.807, 2.05) is 60.0 Å². The largest absolute Gasteiger partial charge is 0.274 e. The minimum Gasteiger partial charge on any atom is -0.274 e. The van der Waals surface area contributed by atoms with E-state index < -0.39 is 0 Å². The van der Waals surface area contributed by atoms with Gasteiger partial charge in [-0.15, -0.1) is 11.3 Å². The molecule has 0 aliphatic rings. The standard InChI is InChI=1S/C26H22N4OS2/c1-17(2)18-10-12-20(13-11-18)30(26-29-21-7-3-4-9-23(21)33-26)24(31)15-19-16-32-25(28-19)22-8-5-6-14-27-22/h3-14,16-17H,15H2,1-2H3. The summed E-state index contributed by atoms with van der Waals surface area (Å²) in [5, 5.41) is 3.41. The van der Waals surface area contributed by atoms with Crippen LogP contribution in [0.5, 0.6) is 0 Å². The molecular weight excluding hydrogens is 448 g/mol. The van der Waals surface area contributed by atoms with Crippen LogP contribution < -0.4 is 4.90 Å². The SMILES string of the molecule is CC(C)c1ccc(N(C(=O)Cc2csc(-c3ccccn3)n2)c2nc3ccccc3s2)cc1. The van der Waals surface area contributed by atoms with Gasteiger partial charge in [-0.25, -0.2) is 9.97 Å². The number of nitrogens with zero attached hydrogens (tertiary/aromatic N) is 4. The fourth-order valence-corrected chi connectivity index (χ4v) is 5.35. The monoisotopic (exact) mass is 470 g/mol. The van der Waals surface area contributed by atoms with E-state index in [2.05, 4.69) is 35.9 Å². The average molecular weight is 471 g/mol. The molecule has 2 aromatic carbocycles. The molecule has 5 nitrogen and oxygen atoms in total. The Kier molecular flexibility index (Phi) is 5.98. The number of aromatic nitrogens is 3. The van der Waals surface area contributed by atoms with Gasteiger partial charge in [0.2, 0.25) is 5.91 Å². The summed E-state index contributed by atoms with van der Waals surface area (Å²) in [5.74, 6) is 0.356. The number of para-hydroxylation sites is 1. The smallest absolute Gasteiger partial charge is 0.239 e. The van der Waals surface area contributed by atoms with E-state index in [1.165, 1.54) is 28.2 Å². The minimum absolute atomic E-state index is 0.0655. The molecule has 0 saturated heterocycles. The summed E-state index contributed by atoms with van der Waals surface area (Å²) >= 11 is 3.02. The van der Waals surface area contributed by atoms with Crippen LogP contribution in [-0.2, 0) is 11.2 Å². The molecule has 0 fully saturated rings. The quantitative estimate of drug-likeness (QED) is 0.272. The van der Waals surface area contributed by atoms with Gasteiger partial charge in [0.05, 0.1) is 33.7 Å². The van der Waals surface area contributed by atoms with Gasteiger partial charge in [0.1, 0.15) is 5.01 Å². The number of hydrogen-bond acceptors (Lipinski definition) is 6. The molecular formula is C26H22N4OS2. The zero-order chi connectivity index (χ0) is 22.8. The molecule has 0 aliphatic heterocycles. The van der Waals surface area contributed by atoms with Crippen LogP contribution in [0.25, 0.3) is 20.9 Å². The highest BCUT2D eigenvalue weighted by Gasteiger charge is 2.23. The molecule has 0 atom stereocenters. The summed E-state index contributed by atoms with van der Waals surface area (Å²) in [5.41, 5.74) is 4.47. The van der Waals surface area contributed by atoms with Gasteiger partial charge in [-0.3, -0.25) is 14.7 Å². The Labute approximate surface area is 200 Å². The first-order valence-corrected chi connectivity index (χ1v) is 12.4. The summed E-state index contributed by atoms with van der Waals surface area (Å²) in [4.78, 5) is 29.1. The highest BCUT2D eigenvalue weighted by molar-refractivity contribution is 7.22. The van der Waals surface area contributed by atoms with E-state index in [1.54, 1.807) is 11.1 Å². The van der Waals surface area contributed by atoms with E-state index in [4.69, 9.17) is 4.98 Å². The zero-order valence-corrected chi connectivity index (χ0v) is 19.9. The van der Waals surface area contributed by atoms with E-state index in [0.29, 0.717) is 11.0 Å². The number of hydrogen-bond donors (Lipinski definition) is 0. The third-order valence-corrected chi connectivity index (χ3v) is 7.24. The fourth-order valence-electron chi connectivity index (χ4n) is 3.55. The Morgan fingerprint density at radius 3 is 2.48 bits per heavy atom. The molecule has 3 heterocycles. The molecule has 0 unspecified atom stereocenters. The van der Waals surface area contributed by atoms with Gasteiger partial charge in [-0.2, -0.15) is 0 Å². The molecule has 5 aromatic rings. The molecule has 33 heavy (non-hydrogen) atoms. The maximum absolute atomic E-state index is 13.6. The number of carbonyl (C=O) groups is 1. The molecule has 0 bridgehead atoms. The van der Waals surface area contributed by atoms with E-state index in [9.17, 15) is 4.79 Å². The molecule has 0 spiro atoms. The zero-order valence-electron chi connectivity index (χ0n) is 18.3. The molecule has 7 heteroatoms. The van der Waals surface area contributed by atoms with Crippen molar-refractivity contribution in [2.24, 2.45) is 0 Å². The van der Waals surface area contributed by atoms with Crippen molar-refractivity contribution in [2.45, 2.75) is 26.2 Å². The first kappa shape index (κ1) is 21.4. The topological polar surface area (TPSA) is 59.0 Å². The van der Waals surface area contributed by atoms with Crippen molar-refractivity contribution in [3.8, 4) is 10.7 Å². The van der Waals surface area contributed by atoms with Gasteiger partial charge in [-0.05, 0) is 47.9 Å². The van der Waals surface area contributed by atoms with Gasteiger partial charge in [0.15, 0.2) is 5.13 Å². The summed E-state index contributed by atoms with van der Waals surface area (Å²) in [7, 11) is 0. The van der Waals surface area contributed by atoms with Gasteiger partial charge < -0.3 is 0 Å².